The van der Waals surface area contributed by atoms with Crippen molar-refractivity contribution in [2.75, 3.05) is 5.73 Å². The summed E-state index contributed by atoms with van der Waals surface area (Å²) in [6.45, 7) is 3.87. The zero-order valence-electron chi connectivity index (χ0n) is 12.8. The van der Waals surface area contributed by atoms with Gasteiger partial charge in [0, 0.05) is 15.6 Å². The molecule has 118 valence electrons. The van der Waals surface area contributed by atoms with Crippen molar-refractivity contribution in [1.82, 2.24) is 10.3 Å². The maximum Gasteiger partial charge on any atom is 0.264 e. The van der Waals surface area contributed by atoms with Gasteiger partial charge in [-0.15, -0.1) is 11.3 Å². The molecule has 23 heavy (non-hydrogen) atoms. The van der Waals surface area contributed by atoms with Gasteiger partial charge in [0.25, 0.3) is 5.91 Å². The predicted molar refractivity (Wildman–Crippen MR) is 98.8 cm³/mol. The average molecular weight is 390 g/mol. The van der Waals surface area contributed by atoms with Crippen LogP contribution in [0.15, 0.2) is 40.9 Å². The first-order valence-corrected chi connectivity index (χ1v) is 8.78. The number of nitrogens with two attached hydrogens (primary N) is 1. The minimum atomic E-state index is -0.168. The van der Waals surface area contributed by atoms with Crippen LogP contribution in [-0.2, 0) is 0 Å². The highest BCUT2D eigenvalue weighted by atomic mass is 79.9. The minimum absolute atomic E-state index is 0.102. The summed E-state index contributed by atoms with van der Waals surface area (Å²) in [5, 5.41) is 3.83. The summed E-state index contributed by atoms with van der Waals surface area (Å²) in [5.74, 6) is -0.168. The Bertz CT molecular complexity index is 873. The van der Waals surface area contributed by atoms with E-state index < -0.39 is 0 Å². The molecular weight excluding hydrogens is 374 g/mol. The molecule has 0 saturated carbocycles. The third-order valence-electron chi connectivity index (χ3n) is 3.66. The number of nitrogen functional groups attached to an aromatic ring is 1. The number of anilines is 1. The SMILES string of the molecule is Cc1ccc2c(N)c(C(=O)NC(C)c3ccc(Br)cc3)sc2n1. The van der Waals surface area contributed by atoms with E-state index in [4.69, 9.17) is 5.73 Å². The zero-order valence-corrected chi connectivity index (χ0v) is 15.2. The van der Waals surface area contributed by atoms with Crippen molar-refractivity contribution >= 4 is 49.1 Å². The zero-order chi connectivity index (χ0) is 16.6. The first kappa shape index (κ1) is 16.0. The maximum atomic E-state index is 12.6. The number of aryl methyl sites for hydroxylation is 1. The van der Waals surface area contributed by atoms with Crippen LogP contribution in [0.5, 0.6) is 0 Å². The van der Waals surface area contributed by atoms with E-state index in [1.807, 2.05) is 50.2 Å². The van der Waals surface area contributed by atoms with Crippen LogP contribution in [0.1, 0.15) is 33.9 Å². The highest BCUT2D eigenvalue weighted by molar-refractivity contribution is 9.10. The molecule has 3 rings (SSSR count). The molecule has 1 unspecified atom stereocenters. The number of benzene rings is 1. The maximum absolute atomic E-state index is 12.6. The summed E-state index contributed by atoms with van der Waals surface area (Å²) in [5.41, 5.74) is 8.57. The Balaban J connectivity index is 1.85. The molecule has 0 aliphatic carbocycles. The fraction of sp³-hybridized carbons (Fsp3) is 0.176. The fourth-order valence-corrected chi connectivity index (χ4v) is 3.66. The lowest BCUT2D eigenvalue weighted by Gasteiger charge is -2.14. The number of aromatic nitrogens is 1. The van der Waals surface area contributed by atoms with Gasteiger partial charge in [-0.25, -0.2) is 4.98 Å². The van der Waals surface area contributed by atoms with Crippen LogP contribution >= 0.6 is 27.3 Å². The molecule has 0 bridgehead atoms. The summed E-state index contributed by atoms with van der Waals surface area (Å²) in [4.78, 5) is 18.3. The highest BCUT2D eigenvalue weighted by Crippen LogP contribution is 2.32. The van der Waals surface area contributed by atoms with Crippen LogP contribution in [0.2, 0.25) is 0 Å². The lowest BCUT2D eigenvalue weighted by molar-refractivity contribution is 0.0945. The number of rotatable bonds is 3. The molecule has 6 heteroatoms. The monoisotopic (exact) mass is 389 g/mol. The number of pyridine rings is 1. The van der Waals surface area contributed by atoms with Crippen molar-refractivity contribution in [3.05, 3.63) is 57.0 Å². The smallest absolute Gasteiger partial charge is 0.264 e. The molecule has 1 atom stereocenters. The first-order valence-electron chi connectivity index (χ1n) is 7.17. The summed E-state index contributed by atoms with van der Waals surface area (Å²) >= 11 is 4.74. The molecule has 0 fully saturated rings. The third-order valence-corrected chi connectivity index (χ3v) is 5.30. The van der Waals surface area contributed by atoms with Crippen LogP contribution in [0.3, 0.4) is 0 Å². The largest absolute Gasteiger partial charge is 0.397 e. The van der Waals surface area contributed by atoms with E-state index in [1.54, 1.807) is 0 Å². The summed E-state index contributed by atoms with van der Waals surface area (Å²) in [7, 11) is 0. The number of nitrogens with zero attached hydrogens (tertiary/aromatic N) is 1. The molecule has 0 aliphatic heterocycles. The molecule has 4 nitrogen and oxygen atoms in total. The van der Waals surface area contributed by atoms with Gasteiger partial charge in [-0.05, 0) is 43.7 Å². The predicted octanol–water partition coefficient (Wildman–Crippen LogP) is 4.44. The van der Waals surface area contributed by atoms with Gasteiger partial charge < -0.3 is 11.1 Å². The molecule has 3 N–H and O–H groups in total. The Morgan fingerprint density at radius 3 is 2.65 bits per heavy atom. The van der Waals surface area contributed by atoms with E-state index in [9.17, 15) is 4.79 Å². The van der Waals surface area contributed by atoms with E-state index in [2.05, 4.69) is 26.2 Å². The van der Waals surface area contributed by atoms with Crippen molar-refractivity contribution in [2.24, 2.45) is 0 Å². The molecular formula is C17H16BrN3OS. The van der Waals surface area contributed by atoms with Crippen LogP contribution in [-0.4, -0.2) is 10.9 Å². The number of hydrogen-bond acceptors (Lipinski definition) is 4. The number of carbonyl (C=O) groups excluding carboxylic acids is 1. The Morgan fingerprint density at radius 1 is 1.26 bits per heavy atom. The van der Waals surface area contributed by atoms with Crippen LogP contribution < -0.4 is 11.1 Å². The molecule has 1 amide bonds. The Morgan fingerprint density at radius 2 is 1.96 bits per heavy atom. The molecule has 0 saturated heterocycles. The normalized spacial score (nSPS) is 12.3. The highest BCUT2D eigenvalue weighted by Gasteiger charge is 2.19. The third kappa shape index (κ3) is 3.23. The number of halogens is 1. The number of hydrogen-bond donors (Lipinski definition) is 2. The van der Waals surface area contributed by atoms with E-state index in [-0.39, 0.29) is 11.9 Å². The summed E-state index contributed by atoms with van der Waals surface area (Å²) in [6.07, 6.45) is 0. The van der Waals surface area contributed by atoms with E-state index >= 15 is 0 Å². The van der Waals surface area contributed by atoms with Crippen molar-refractivity contribution in [2.45, 2.75) is 19.9 Å². The van der Waals surface area contributed by atoms with Crippen molar-refractivity contribution in [1.29, 1.82) is 0 Å². The summed E-state index contributed by atoms with van der Waals surface area (Å²) < 4.78 is 1.01. The second-order valence-electron chi connectivity index (χ2n) is 5.40. The molecule has 0 spiro atoms. The molecule has 1 aromatic carbocycles. The van der Waals surface area contributed by atoms with E-state index in [0.29, 0.717) is 10.6 Å². The number of amides is 1. The second-order valence-corrected chi connectivity index (χ2v) is 7.31. The van der Waals surface area contributed by atoms with Gasteiger partial charge in [0.2, 0.25) is 0 Å². The van der Waals surface area contributed by atoms with Crippen LogP contribution in [0.25, 0.3) is 10.2 Å². The Kier molecular flexibility index (Phi) is 4.37. The quantitative estimate of drug-likeness (QED) is 0.695. The number of carbonyl (C=O) groups is 1. The molecule has 0 aliphatic rings. The first-order chi connectivity index (χ1) is 11.0. The lowest BCUT2D eigenvalue weighted by atomic mass is 10.1. The minimum Gasteiger partial charge on any atom is -0.397 e. The van der Waals surface area contributed by atoms with Gasteiger partial charge in [0.05, 0.1) is 11.7 Å². The van der Waals surface area contributed by atoms with Gasteiger partial charge in [0.15, 0.2) is 0 Å². The number of fused-ring (bicyclic) bond motifs is 1. The van der Waals surface area contributed by atoms with Crippen LogP contribution in [0, 0.1) is 6.92 Å². The number of nitrogens with one attached hydrogen (secondary N) is 1. The standard InChI is InChI=1S/C17H16BrN3OS/c1-9-3-8-13-14(19)15(23-17(13)20-9)16(22)21-10(2)11-4-6-12(18)7-5-11/h3-8,10H,19H2,1-2H3,(H,21,22). The van der Waals surface area contributed by atoms with E-state index in [1.165, 1.54) is 11.3 Å². The van der Waals surface area contributed by atoms with Gasteiger partial charge in [-0.1, -0.05) is 28.1 Å². The Hall–Kier alpha value is -1.92. The van der Waals surface area contributed by atoms with Gasteiger partial charge in [-0.3, -0.25) is 4.79 Å². The molecule has 2 heterocycles. The fourth-order valence-electron chi connectivity index (χ4n) is 2.36. The van der Waals surface area contributed by atoms with Gasteiger partial charge in [0.1, 0.15) is 9.71 Å². The van der Waals surface area contributed by atoms with Crippen molar-refractivity contribution in [3.8, 4) is 0 Å². The van der Waals surface area contributed by atoms with Gasteiger partial charge in [-0.2, -0.15) is 0 Å². The average Bonchev–Trinajstić information content (AvgIpc) is 2.84. The summed E-state index contributed by atoms with van der Waals surface area (Å²) in [6, 6.07) is 11.6. The second kappa shape index (κ2) is 6.29. The van der Waals surface area contributed by atoms with Crippen molar-refractivity contribution < 1.29 is 4.79 Å². The molecule has 2 aromatic heterocycles. The molecule has 3 aromatic rings. The van der Waals surface area contributed by atoms with Gasteiger partial charge >= 0.3 is 0 Å². The van der Waals surface area contributed by atoms with Crippen molar-refractivity contribution in [3.63, 3.8) is 0 Å². The van der Waals surface area contributed by atoms with Crippen LogP contribution in [0.4, 0.5) is 5.69 Å². The number of thiophene rings is 1. The Labute approximate surface area is 146 Å². The van der Waals surface area contributed by atoms with E-state index in [0.717, 1.165) is 25.9 Å². The lowest BCUT2D eigenvalue weighted by Crippen LogP contribution is -2.26. The topological polar surface area (TPSA) is 68.0 Å². The molecule has 0 radical (unpaired) electrons.